The van der Waals surface area contributed by atoms with Crippen LogP contribution in [-0.2, 0) is 38.1 Å². The van der Waals surface area contributed by atoms with E-state index < -0.39 is 118 Å². The standard InChI is InChI=1S/C34H41Cl3O14/c1-16-20(41)13-33(46)27(51-28(43)19-10-8-7-9-11-19)25-31(6,26(42)24(49-18(3)40)23(16)30(33,4)5)21(50-29(44)47-15-34(35,36)37)12-22(48-17(2)39)32(25,45)14-38/h7-11,20-22,24-25,27,38,41,45-46H,12-15H2,1-6H3/t20-,21-,22-,24+,25-,27-,31+,32-,33+/m0/s1. The number of benzene rings is 1. The number of carbonyl (C=O) groups excluding carboxylic acids is 5. The second-order valence-electron chi connectivity index (χ2n) is 13.9. The van der Waals surface area contributed by atoms with Crippen molar-refractivity contribution in [2.45, 2.75) is 99.9 Å². The third-order valence-electron chi connectivity index (χ3n) is 10.5. The third-order valence-corrected chi connectivity index (χ3v) is 10.8. The normalized spacial score (nSPS) is 34.6. The van der Waals surface area contributed by atoms with Crippen LogP contribution in [0.4, 0.5) is 4.79 Å². The molecule has 0 aliphatic heterocycles. The molecule has 3 aliphatic rings. The van der Waals surface area contributed by atoms with E-state index in [1.54, 1.807) is 6.07 Å². The van der Waals surface area contributed by atoms with Gasteiger partial charge >= 0.3 is 24.1 Å². The number of hydrogen-bond donors (Lipinski definition) is 4. The van der Waals surface area contributed by atoms with E-state index in [1.807, 2.05) is 0 Å². The molecule has 51 heavy (non-hydrogen) atoms. The number of aliphatic hydroxyl groups excluding tert-OH is 2. The van der Waals surface area contributed by atoms with Gasteiger partial charge in [-0.15, -0.1) is 0 Å². The molecule has 4 N–H and O–H groups in total. The fraction of sp³-hybridized carbons (Fsp3) is 0.618. The van der Waals surface area contributed by atoms with Crippen LogP contribution in [0, 0.1) is 16.7 Å². The van der Waals surface area contributed by atoms with E-state index in [0.717, 1.165) is 13.8 Å². The summed E-state index contributed by atoms with van der Waals surface area (Å²) in [6, 6.07) is 7.51. The van der Waals surface area contributed by atoms with Crippen molar-refractivity contribution in [1.29, 1.82) is 0 Å². The number of fused-ring (bicyclic) bond motifs is 3. The minimum absolute atomic E-state index is 0.0157. The highest BCUT2D eigenvalue weighted by atomic mass is 35.6. The van der Waals surface area contributed by atoms with E-state index in [0.29, 0.717) is 0 Å². The SMILES string of the molecule is CC(=O)O[C@H]1C(=O)[C@]2(C)[C@@H](OC(=O)OCC(Cl)(Cl)Cl)C[C@H](OC(C)=O)[C@@](O)(CO)[C@H]2[C@H](OC(=O)c2ccccc2)[C@]2(O)C[C@H](O)C(C)=C1C2(C)C. The van der Waals surface area contributed by atoms with E-state index in [-0.39, 0.29) is 16.7 Å². The van der Waals surface area contributed by atoms with Crippen LogP contribution >= 0.6 is 34.8 Å². The summed E-state index contributed by atoms with van der Waals surface area (Å²) >= 11 is 17.2. The number of Topliss-reactive ketones (excluding diaryl/α,β-unsaturated/α-hetero) is 1. The summed E-state index contributed by atoms with van der Waals surface area (Å²) in [5.74, 6) is -6.04. The molecule has 0 heterocycles. The molecule has 14 nitrogen and oxygen atoms in total. The van der Waals surface area contributed by atoms with Crippen LogP contribution in [0.1, 0.15) is 64.7 Å². The second-order valence-corrected chi connectivity index (χ2v) is 16.4. The van der Waals surface area contributed by atoms with Crippen molar-refractivity contribution in [2.24, 2.45) is 16.7 Å². The van der Waals surface area contributed by atoms with Gasteiger partial charge in [-0.3, -0.25) is 14.4 Å². The highest BCUT2D eigenvalue weighted by molar-refractivity contribution is 6.67. The molecule has 1 aromatic rings. The molecule has 0 amide bonds. The summed E-state index contributed by atoms with van der Waals surface area (Å²) in [4.78, 5) is 67.4. The lowest BCUT2D eigenvalue weighted by Gasteiger charge is -2.64. The van der Waals surface area contributed by atoms with Gasteiger partial charge in [-0.05, 0) is 37.1 Å². The zero-order valence-corrected chi connectivity index (χ0v) is 31.0. The first-order valence-electron chi connectivity index (χ1n) is 16.0. The lowest BCUT2D eigenvalue weighted by Crippen LogP contribution is -2.78. The number of ether oxygens (including phenoxy) is 5. The predicted molar refractivity (Wildman–Crippen MR) is 179 cm³/mol. The van der Waals surface area contributed by atoms with Crippen molar-refractivity contribution in [2.75, 3.05) is 13.2 Å². The Morgan fingerprint density at radius 3 is 2.04 bits per heavy atom. The molecule has 4 rings (SSSR count). The molecule has 9 atom stereocenters. The molecule has 2 bridgehead atoms. The first-order valence-corrected chi connectivity index (χ1v) is 17.1. The number of alkyl halides is 3. The molecular weight excluding hydrogens is 739 g/mol. The molecule has 0 spiro atoms. The Balaban J connectivity index is 2.11. The third kappa shape index (κ3) is 7.33. The van der Waals surface area contributed by atoms with Gasteiger partial charge in [0.2, 0.25) is 3.79 Å². The van der Waals surface area contributed by atoms with Gasteiger partial charge in [-0.2, -0.15) is 0 Å². The highest BCUT2D eigenvalue weighted by Gasteiger charge is 2.76. The lowest BCUT2D eigenvalue weighted by molar-refractivity contribution is -0.288. The Labute approximate surface area is 308 Å². The predicted octanol–water partition coefficient (Wildman–Crippen LogP) is 3.14. The zero-order chi connectivity index (χ0) is 38.5. The van der Waals surface area contributed by atoms with Crippen molar-refractivity contribution in [3.63, 3.8) is 0 Å². The number of ketones is 1. The van der Waals surface area contributed by atoms with Gasteiger partial charge < -0.3 is 44.1 Å². The maximum Gasteiger partial charge on any atom is 0.508 e. The van der Waals surface area contributed by atoms with E-state index in [9.17, 15) is 39.6 Å². The quantitative estimate of drug-likeness (QED) is 0.136. The van der Waals surface area contributed by atoms with E-state index >= 15 is 4.79 Å². The van der Waals surface area contributed by atoms with E-state index in [2.05, 4.69) is 0 Å². The number of rotatable bonds is 7. The van der Waals surface area contributed by atoms with E-state index in [4.69, 9.17) is 58.5 Å². The van der Waals surface area contributed by atoms with Crippen molar-refractivity contribution < 1.29 is 68.1 Å². The Morgan fingerprint density at radius 1 is 0.922 bits per heavy atom. The van der Waals surface area contributed by atoms with Gasteiger partial charge in [-0.25, -0.2) is 9.59 Å². The van der Waals surface area contributed by atoms with Gasteiger partial charge in [0.05, 0.1) is 23.7 Å². The van der Waals surface area contributed by atoms with E-state index in [1.165, 1.54) is 52.0 Å². The molecule has 0 aromatic heterocycles. The summed E-state index contributed by atoms with van der Waals surface area (Å²) in [5, 5.41) is 48.0. The Hall–Kier alpha value is -2.98. The molecule has 2 fully saturated rings. The van der Waals surface area contributed by atoms with Gasteiger partial charge in [0, 0.05) is 38.0 Å². The molecule has 3 aliphatic carbocycles. The first-order chi connectivity index (χ1) is 23.5. The highest BCUT2D eigenvalue weighted by Crippen LogP contribution is 2.62. The van der Waals surface area contributed by atoms with Crippen molar-refractivity contribution in [3.05, 3.63) is 47.0 Å². The van der Waals surface area contributed by atoms with Gasteiger partial charge in [0.1, 0.15) is 36.1 Å². The molecule has 282 valence electrons. The van der Waals surface area contributed by atoms with Gasteiger partial charge in [0.25, 0.3) is 0 Å². The van der Waals surface area contributed by atoms with Crippen LogP contribution in [0.2, 0.25) is 0 Å². The molecular formula is C34H41Cl3O14. The van der Waals surface area contributed by atoms with Crippen molar-refractivity contribution in [3.8, 4) is 0 Å². The lowest BCUT2D eigenvalue weighted by atomic mass is 9.45. The number of halogens is 3. The van der Waals surface area contributed by atoms with Crippen molar-refractivity contribution in [1.82, 2.24) is 0 Å². The van der Waals surface area contributed by atoms with Crippen LogP contribution in [0.15, 0.2) is 41.5 Å². The summed E-state index contributed by atoms with van der Waals surface area (Å²) in [7, 11) is 0. The largest absolute Gasteiger partial charge is 0.508 e. The molecule has 1 aromatic carbocycles. The Bertz CT molecular complexity index is 1590. The molecule has 17 heteroatoms. The summed E-state index contributed by atoms with van der Waals surface area (Å²) in [6.07, 6.45) is -11.8. The van der Waals surface area contributed by atoms with Crippen LogP contribution in [0.5, 0.6) is 0 Å². The summed E-state index contributed by atoms with van der Waals surface area (Å²) < 4.78 is 25.7. The maximum atomic E-state index is 15.3. The number of hydrogen-bond acceptors (Lipinski definition) is 14. The Kier molecular flexibility index (Phi) is 11.6. The van der Waals surface area contributed by atoms with Crippen LogP contribution < -0.4 is 0 Å². The van der Waals surface area contributed by atoms with Gasteiger partial charge in [0.15, 0.2) is 11.9 Å². The summed E-state index contributed by atoms with van der Waals surface area (Å²) in [6.45, 7) is 5.56. The number of aliphatic hydroxyl groups is 4. The molecule has 0 saturated heterocycles. The van der Waals surface area contributed by atoms with Crippen molar-refractivity contribution >= 4 is 64.6 Å². The van der Waals surface area contributed by atoms with Crippen LogP contribution in [0.3, 0.4) is 0 Å². The topological polar surface area (TPSA) is 212 Å². The molecule has 2 saturated carbocycles. The Morgan fingerprint density at radius 2 is 1.51 bits per heavy atom. The zero-order valence-electron chi connectivity index (χ0n) is 28.7. The smallest absolute Gasteiger partial charge is 0.459 e. The molecule has 0 unspecified atom stereocenters. The monoisotopic (exact) mass is 778 g/mol. The van der Waals surface area contributed by atoms with Crippen LogP contribution in [0.25, 0.3) is 0 Å². The fourth-order valence-electron chi connectivity index (χ4n) is 7.97. The summed E-state index contributed by atoms with van der Waals surface area (Å²) in [5.41, 5.74) is -9.17. The molecule has 0 radical (unpaired) electrons. The first kappa shape index (κ1) is 40.8. The minimum Gasteiger partial charge on any atom is -0.459 e. The number of carbonyl (C=O) groups is 5. The number of esters is 3. The fourth-order valence-corrected chi connectivity index (χ4v) is 8.13. The average Bonchev–Trinajstić information content (AvgIpc) is 3.03. The maximum absolute atomic E-state index is 15.3. The second kappa shape index (κ2) is 14.4. The average molecular weight is 780 g/mol. The van der Waals surface area contributed by atoms with Crippen LogP contribution in [-0.4, -0.2) is 109 Å². The minimum atomic E-state index is -2.75. The van der Waals surface area contributed by atoms with Gasteiger partial charge in [-0.1, -0.05) is 66.8 Å².